The van der Waals surface area contributed by atoms with Crippen molar-refractivity contribution in [3.8, 4) is 0 Å². The second-order valence-corrected chi connectivity index (χ2v) is 2.93. The second-order valence-electron chi connectivity index (χ2n) is 2.54. The predicted octanol–water partition coefficient (Wildman–Crippen LogP) is 0.0468. The van der Waals surface area contributed by atoms with Crippen LogP contribution in [0.25, 0.3) is 5.32 Å². The average molecular weight is 305 g/mol. The van der Waals surface area contributed by atoms with Gasteiger partial charge in [0.15, 0.2) is 0 Å². The zero-order valence-electron chi connectivity index (χ0n) is 10.0. The van der Waals surface area contributed by atoms with Crippen LogP contribution >= 0.6 is 0 Å². The van der Waals surface area contributed by atoms with E-state index < -0.39 is 0 Å². The van der Waals surface area contributed by atoms with Crippen LogP contribution in [0.4, 0.5) is 0 Å². The van der Waals surface area contributed by atoms with Gasteiger partial charge in [0.1, 0.15) is 0 Å². The molecule has 1 radical (unpaired) electrons. The van der Waals surface area contributed by atoms with Crippen molar-refractivity contribution in [1.29, 1.82) is 0 Å². The largest absolute Gasteiger partial charge is 2.00 e. The molecule has 0 aliphatic rings. The predicted molar refractivity (Wildman–Crippen MR) is 71.2 cm³/mol. The maximum absolute atomic E-state index is 4.77. The Morgan fingerprint density at radius 3 is 2.29 bits per heavy atom. The fourth-order valence-electron chi connectivity index (χ4n) is 0.573. The fourth-order valence-corrected chi connectivity index (χ4v) is 0.621. The first-order valence-corrected chi connectivity index (χ1v) is 4.90. The Labute approximate surface area is 117 Å². The van der Waals surface area contributed by atoms with Crippen LogP contribution in [-0.2, 0) is 29.7 Å². The summed E-state index contributed by atoms with van der Waals surface area (Å²) >= 11 is 4.77. The number of guanidine groups is 1. The molecule has 0 heterocycles. The molecule has 0 amide bonds. The number of nitrogens with zero attached hydrogens (tertiary/aromatic N) is 5. The van der Waals surface area contributed by atoms with Crippen molar-refractivity contribution in [2.75, 3.05) is 21.1 Å². The first-order chi connectivity index (χ1) is 7.63. The maximum atomic E-state index is 4.77. The van der Waals surface area contributed by atoms with Crippen molar-refractivity contribution in [1.82, 2.24) is 10.6 Å². The van der Waals surface area contributed by atoms with Crippen LogP contribution in [-0.4, -0.2) is 44.2 Å². The van der Waals surface area contributed by atoms with Gasteiger partial charge in [0, 0.05) is 13.0 Å². The van der Waals surface area contributed by atoms with Crippen LogP contribution in [0, 0.1) is 0 Å². The van der Waals surface area contributed by atoms with Gasteiger partial charge in [0.05, 0.1) is 11.9 Å². The molecule has 0 aromatic carbocycles. The van der Waals surface area contributed by atoms with Gasteiger partial charge in [-0.1, -0.05) is 0 Å². The van der Waals surface area contributed by atoms with Crippen LogP contribution in [0.5, 0.6) is 0 Å². The van der Waals surface area contributed by atoms with Gasteiger partial charge in [-0.2, -0.15) is 10.2 Å². The molecular formula is C8H15CuN7S. The molecule has 0 unspecified atom stereocenters. The van der Waals surface area contributed by atoms with E-state index in [1.54, 1.807) is 28.1 Å². The molecule has 0 aromatic rings. The first kappa shape index (κ1) is 18.2. The van der Waals surface area contributed by atoms with E-state index in [0.29, 0.717) is 16.8 Å². The topological polar surface area (TPSA) is 87.6 Å². The molecule has 17 heavy (non-hydrogen) atoms. The van der Waals surface area contributed by atoms with Crippen molar-refractivity contribution in [3.05, 3.63) is 5.32 Å². The summed E-state index contributed by atoms with van der Waals surface area (Å²) in [5.74, 6) is 0.440. The fraction of sp³-hybridized carbons (Fsp3) is 0.500. The molecule has 0 saturated carbocycles. The van der Waals surface area contributed by atoms with Crippen molar-refractivity contribution in [2.45, 2.75) is 6.92 Å². The van der Waals surface area contributed by atoms with E-state index >= 15 is 0 Å². The first-order valence-electron chi connectivity index (χ1n) is 4.49. The van der Waals surface area contributed by atoms with E-state index in [9.17, 15) is 0 Å². The average Bonchev–Trinajstić information content (AvgIpc) is 2.30. The van der Waals surface area contributed by atoms with Crippen molar-refractivity contribution in [3.63, 3.8) is 0 Å². The Hall–Kier alpha value is -1.18. The summed E-state index contributed by atoms with van der Waals surface area (Å²) in [4.78, 5) is 0. The summed E-state index contributed by atoms with van der Waals surface area (Å²) in [7, 11) is 5.01. The molecule has 0 aromatic heterocycles. The molecule has 0 aliphatic heterocycles. The van der Waals surface area contributed by atoms with Gasteiger partial charge in [-0.3, -0.25) is 5.10 Å². The smallest absolute Gasteiger partial charge is 0.741 e. The van der Waals surface area contributed by atoms with Crippen molar-refractivity contribution in [2.24, 2.45) is 20.4 Å². The van der Waals surface area contributed by atoms with Crippen LogP contribution in [0.1, 0.15) is 6.92 Å². The van der Waals surface area contributed by atoms with E-state index in [0.717, 1.165) is 0 Å². The standard InChI is InChI=1S/C8H16N7S.Cu/c1-6(5-12-15-8(16)11-4)13-14-7(9-2)10-3;/h5H,1-4H3,(H3-,9,10,11,12,13,14,15,16);/q-1;+2/p-1/i;1+0. The van der Waals surface area contributed by atoms with Gasteiger partial charge in [0.25, 0.3) is 0 Å². The van der Waals surface area contributed by atoms with Gasteiger partial charge in [0.2, 0.25) is 0 Å². The molecule has 7 nitrogen and oxygen atoms in total. The summed E-state index contributed by atoms with van der Waals surface area (Å²) in [6.45, 7) is 1.74. The third-order valence-corrected chi connectivity index (χ3v) is 1.63. The van der Waals surface area contributed by atoms with Crippen molar-refractivity contribution >= 4 is 35.7 Å². The number of hydrogen-bond donors (Lipinski definition) is 2. The van der Waals surface area contributed by atoms with Crippen LogP contribution < -0.4 is 10.6 Å². The Bertz CT molecular complexity index is 318. The maximum Gasteiger partial charge on any atom is 2.00 e. The molecule has 0 spiro atoms. The third kappa shape index (κ3) is 9.73. The van der Waals surface area contributed by atoms with Crippen LogP contribution in [0.2, 0.25) is 0 Å². The van der Waals surface area contributed by atoms with E-state index in [4.69, 9.17) is 12.6 Å². The molecule has 0 aliphatic carbocycles. The number of hydrogen-bond acceptors (Lipinski definition) is 5. The second kappa shape index (κ2) is 11.3. The minimum Gasteiger partial charge on any atom is -0.741 e. The molecule has 0 bridgehead atoms. The Morgan fingerprint density at radius 1 is 1.18 bits per heavy atom. The quantitative estimate of drug-likeness (QED) is 0.254. The van der Waals surface area contributed by atoms with Gasteiger partial charge >= 0.3 is 17.1 Å². The van der Waals surface area contributed by atoms with Gasteiger partial charge in [-0.25, -0.2) is 5.10 Å². The van der Waals surface area contributed by atoms with E-state index in [1.807, 2.05) is 0 Å². The zero-order valence-corrected chi connectivity index (χ0v) is 11.8. The van der Waals surface area contributed by atoms with E-state index in [2.05, 4.69) is 36.4 Å². The van der Waals surface area contributed by atoms with Crippen LogP contribution in [0.3, 0.4) is 0 Å². The molecule has 9 heteroatoms. The number of amidine groups is 1. The minimum atomic E-state index is 0. The molecule has 2 N–H and O–H groups in total. The SMILES string of the molecule is C[N-]\C(=N/N=C(C)/C=N/N=C(\[S-])NC)NC.[64Cu+2]. The summed E-state index contributed by atoms with van der Waals surface area (Å²) in [5, 5.41) is 24.7. The van der Waals surface area contributed by atoms with Gasteiger partial charge < -0.3 is 28.6 Å². The number of rotatable bonds is 3. The molecule has 0 saturated heterocycles. The van der Waals surface area contributed by atoms with Crippen molar-refractivity contribution < 1.29 is 17.1 Å². The molecule has 0 atom stereocenters. The Balaban J connectivity index is 0. The molecular weight excluding hydrogens is 290 g/mol. The molecule has 0 fully saturated rings. The number of nitrogens with one attached hydrogen (secondary N) is 2. The Morgan fingerprint density at radius 2 is 1.82 bits per heavy atom. The Kier molecular flexibility index (Phi) is 12.1. The van der Waals surface area contributed by atoms with E-state index in [-0.39, 0.29) is 17.1 Å². The van der Waals surface area contributed by atoms with Crippen LogP contribution in [0.15, 0.2) is 20.4 Å². The minimum absolute atomic E-state index is 0. The van der Waals surface area contributed by atoms with Gasteiger partial charge in [-0.05, 0) is 26.2 Å². The molecule has 99 valence electrons. The van der Waals surface area contributed by atoms with Gasteiger partial charge in [-0.15, -0.1) is 0 Å². The monoisotopic (exact) mass is 305 g/mol. The summed E-state index contributed by atoms with van der Waals surface area (Å²) in [6.07, 6.45) is 1.45. The summed E-state index contributed by atoms with van der Waals surface area (Å²) < 4.78 is 0. The normalized spacial score (nSPS) is 13.3. The summed E-state index contributed by atoms with van der Waals surface area (Å²) in [5.41, 5.74) is 0.596. The molecule has 0 rings (SSSR count). The summed E-state index contributed by atoms with van der Waals surface area (Å²) in [6, 6.07) is 0. The van der Waals surface area contributed by atoms with E-state index in [1.165, 1.54) is 6.21 Å². The zero-order chi connectivity index (χ0) is 12.4. The third-order valence-electron chi connectivity index (χ3n) is 1.34.